The van der Waals surface area contributed by atoms with Crippen LogP contribution in [0.2, 0.25) is 0 Å². The molecule has 0 aromatic carbocycles. The fourth-order valence-corrected chi connectivity index (χ4v) is 4.63. The molecule has 3 rings (SSSR count). The molecule has 2 aliphatic heterocycles. The average Bonchev–Trinajstić information content (AvgIpc) is 3.03. The van der Waals surface area contributed by atoms with E-state index in [1.165, 1.54) is 19.5 Å². The second-order valence-corrected chi connectivity index (χ2v) is 8.67. The molecule has 32 heavy (non-hydrogen) atoms. The quantitative estimate of drug-likeness (QED) is 0.620. The van der Waals surface area contributed by atoms with Crippen molar-refractivity contribution in [2.24, 2.45) is 0 Å². The first kappa shape index (κ1) is 28.0. The largest absolute Gasteiger partial charge is 0.490 e. The lowest BCUT2D eigenvalue weighted by Gasteiger charge is -2.45. The Bertz CT molecular complexity index is 760. The summed E-state index contributed by atoms with van der Waals surface area (Å²) in [5.41, 5.74) is 2.11. The van der Waals surface area contributed by atoms with Gasteiger partial charge in [0.15, 0.2) is 0 Å². The Hall–Kier alpha value is -2.06. The standard InChI is InChI=1S/C14H20N2OS.2C2HF3O2/c1-11-4-3-5-12(15-11)7-17-13-6-14(18-8-13)9-16(2)10-14;2*3-2(4,5)1(6)7/h3-5,13H,6-10H2,1-2H3;2*(H,6,7). The monoisotopic (exact) mass is 492 g/mol. The molecular weight excluding hydrogens is 470 g/mol. The fourth-order valence-electron chi connectivity index (χ4n) is 2.95. The van der Waals surface area contributed by atoms with Crippen molar-refractivity contribution in [1.82, 2.24) is 9.88 Å². The molecule has 0 aliphatic carbocycles. The first-order valence-corrected chi connectivity index (χ1v) is 9.99. The number of thioether (sulfide) groups is 1. The minimum atomic E-state index is -5.08. The van der Waals surface area contributed by atoms with Gasteiger partial charge in [0.05, 0.1) is 18.4 Å². The maximum Gasteiger partial charge on any atom is 0.490 e. The molecule has 7 nitrogen and oxygen atoms in total. The molecule has 0 bridgehead atoms. The number of aryl methyl sites for hydroxylation is 1. The lowest BCUT2D eigenvalue weighted by molar-refractivity contribution is -0.193. The van der Waals surface area contributed by atoms with E-state index in [0.29, 0.717) is 17.5 Å². The van der Waals surface area contributed by atoms with Gasteiger partial charge in [0.25, 0.3) is 0 Å². The highest BCUT2D eigenvalue weighted by Crippen LogP contribution is 2.45. The van der Waals surface area contributed by atoms with Crippen molar-refractivity contribution in [2.75, 3.05) is 25.9 Å². The van der Waals surface area contributed by atoms with Gasteiger partial charge in [-0.05, 0) is 32.5 Å². The SMILES string of the molecule is Cc1cccc(COC2CSC3(C2)CN(C)C3)n1.O=C(O)C(F)(F)F.O=C(O)C(F)(F)F. The second kappa shape index (κ2) is 11.2. The Kier molecular flexibility index (Phi) is 9.78. The fraction of sp³-hybridized carbons (Fsp3) is 0.611. The number of carboxylic acids is 2. The van der Waals surface area contributed by atoms with E-state index in [4.69, 9.17) is 24.5 Å². The molecule has 2 aliphatic rings. The van der Waals surface area contributed by atoms with Gasteiger partial charge in [-0.3, -0.25) is 4.98 Å². The van der Waals surface area contributed by atoms with Crippen molar-refractivity contribution in [1.29, 1.82) is 0 Å². The van der Waals surface area contributed by atoms with E-state index >= 15 is 0 Å². The number of ether oxygens (including phenoxy) is 1. The van der Waals surface area contributed by atoms with Gasteiger partial charge in [0.1, 0.15) is 0 Å². The van der Waals surface area contributed by atoms with Crippen molar-refractivity contribution in [2.45, 2.75) is 43.2 Å². The van der Waals surface area contributed by atoms with Gasteiger partial charge in [0.2, 0.25) is 0 Å². The molecule has 1 atom stereocenters. The number of hydrogen-bond acceptors (Lipinski definition) is 6. The highest BCUT2D eigenvalue weighted by atomic mass is 32.2. The molecule has 2 N–H and O–H groups in total. The number of carbonyl (C=O) groups is 2. The van der Waals surface area contributed by atoms with Crippen molar-refractivity contribution >= 4 is 23.7 Å². The summed E-state index contributed by atoms with van der Waals surface area (Å²) in [7, 11) is 2.19. The van der Waals surface area contributed by atoms with Gasteiger partial charge in [-0.15, -0.1) is 11.8 Å². The summed E-state index contributed by atoms with van der Waals surface area (Å²) in [6.45, 7) is 5.12. The van der Waals surface area contributed by atoms with Gasteiger partial charge < -0.3 is 19.8 Å². The topological polar surface area (TPSA) is 100.0 Å². The third kappa shape index (κ3) is 9.61. The van der Waals surface area contributed by atoms with Crippen LogP contribution in [0, 0.1) is 6.92 Å². The predicted molar refractivity (Wildman–Crippen MR) is 102 cm³/mol. The number of carboxylic acid groups (broad SMARTS) is 2. The summed E-state index contributed by atoms with van der Waals surface area (Å²) >= 11 is 2.09. The molecule has 14 heteroatoms. The van der Waals surface area contributed by atoms with Crippen LogP contribution in [0.15, 0.2) is 18.2 Å². The van der Waals surface area contributed by atoms with Crippen LogP contribution < -0.4 is 0 Å². The summed E-state index contributed by atoms with van der Waals surface area (Å²) in [5.74, 6) is -4.38. The molecule has 1 aromatic heterocycles. The van der Waals surface area contributed by atoms with Gasteiger partial charge in [-0.2, -0.15) is 26.3 Å². The van der Waals surface area contributed by atoms with E-state index in [1.54, 1.807) is 0 Å². The van der Waals surface area contributed by atoms with Crippen LogP contribution in [0.5, 0.6) is 0 Å². The van der Waals surface area contributed by atoms with Crippen LogP contribution in [-0.4, -0.2) is 81.1 Å². The molecule has 2 saturated heterocycles. The van der Waals surface area contributed by atoms with E-state index < -0.39 is 24.3 Å². The molecule has 0 amide bonds. The van der Waals surface area contributed by atoms with E-state index in [2.05, 4.69) is 28.7 Å². The average molecular weight is 492 g/mol. The molecule has 3 heterocycles. The number of pyridine rings is 1. The molecule has 1 spiro atoms. The van der Waals surface area contributed by atoms with E-state index in [1.807, 2.05) is 25.1 Å². The molecular formula is C18H22F6N2O5S. The van der Waals surface area contributed by atoms with Crippen LogP contribution in [0.1, 0.15) is 17.8 Å². The minimum absolute atomic E-state index is 0.408. The van der Waals surface area contributed by atoms with Gasteiger partial charge in [-0.25, -0.2) is 9.59 Å². The van der Waals surface area contributed by atoms with E-state index in [0.717, 1.165) is 17.1 Å². The summed E-state index contributed by atoms with van der Waals surface area (Å²) in [4.78, 5) is 24.7. The van der Waals surface area contributed by atoms with Crippen LogP contribution in [-0.2, 0) is 20.9 Å². The van der Waals surface area contributed by atoms with E-state index in [-0.39, 0.29) is 0 Å². The van der Waals surface area contributed by atoms with Gasteiger partial charge >= 0.3 is 24.3 Å². The number of alkyl halides is 6. The van der Waals surface area contributed by atoms with Crippen molar-refractivity contribution in [3.63, 3.8) is 0 Å². The third-order valence-electron chi connectivity index (χ3n) is 4.19. The number of rotatable bonds is 3. The van der Waals surface area contributed by atoms with E-state index in [9.17, 15) is 26.3 Å². The molecule has 2 fully saturated rings. The van der Waals surface area contributed by atoms with Crippen LogP contribution in [0.4, 0.5) is 26.3 Å². The zero-order valence-corrected chi connectivity index (χ0v) is 17.9. The number of hydrogen-bond donors (Lipinski definition) is 2. The van der Waals surface area contributed by atoms with Crippen LogP contribution in [0.3, 0.4) is 0 Å². The maximum atomic E-state index is 10.6. The number of aliphatic carboxylic acids is 2. The number of nitrogens with zero attached hydrogens (tertiary/aromatic N) is 2. The third-order valence-corrected chi connectivity index (χ3v) is 5.76. The zero-order chi connectivity index (χ0) is 24.7. The predicted octanol–water partition coefficient (Wildman–Crippen LogP) is 3.36. The number of halogens is 6. The first-order valence-electron chi connectivity index (χ1n) is 9.01. The lowest BCUT2D eigenvalue weighted by atomic mass is 9.94. The molecule has 182 valence electrons. The van der Waals surface area contributed by atoms with Crippen molar-refractivity contribution < 1.29 is 50.9 Å². The molecule has 1 aromatic rings. The maximum absolute atomic E-state index is 10.6. The molecule has 1 unspecified atom stereocenters. The normalized spacial score (nSPS) is 19.8. The van der Waals surface area contributed by atoms with Crippen LogP contribution >= 0.6 is 11.8 Å². The highest BCUT2D eigenvalue weighted by molar-refractivity contribution is 8.01. The van der Waals surface area contributed by atoms with Crippen molar-refractivity contribution in [3.8, 4) is 0 Å². The van der Waals surface area contributed by atoms with Gasteiger partial charge in [-0.1, -0.05) is 6.07 Å². The highest BCUT2D eigenvalue weighted by Gasteiger charge is 2.47. The summed E-state index contributed by atoms with van der Waals surface area (Å²) in [6.07, 6.45) is -8.56. The Morgan fingerprint density at radius 1 is 1.16 bits per heavy atom. The smallest absolute Gasteiger partial charge is 0.475 e. The van der Waals surface area contributed by atoms with Crippen molar-refractivity contribution in [3.05, 3.63) is 29.6 Å². The summed E-state index contributed by atoms with van der Waals surface area (Å²) in [5, 5.41) is 14.2. The zero-order valence-electron chi connectivity index (χ0n) is 17.0. The Balaban J connectivity index is 0.000000305. The lowest BCUT2D eigenvalue weighted by Crippen LogP contribution is -2.56. The minimum Gasteiger partial charge on any atom is -0.475 e. The summed E-state index contributed by atoms with van der Waals surface area (Å²) < 4.78 is 70.0. The Morgan fingerprint density at radius 3 is 2.06 bits per heavy atom. The molecule has 0 radical (unpaired) electrons. The van der Waals surface area contributed by atoms with Crippen LogP contribution in [0.25, 0.3) is 0 Å². The molecule has 0 saturated carbocycles. The number of aromatic nitrogens is 1. The summed E-state index contributed by atoms with van der Waals surface area (Å²) in [6, 6.07) is 6.11. The number of likely N-dealkylation sites (tertiary alicyclic amines) is 1. The first-order chi connectivity index (χ1) is 14.5. The van der Waals surface area contributed by atoms with Gasteiger partial charge in [0, 0.05) is 29.3 Å². The Labute approximate surface area is 183 Å². The Morgan fingerprint density at radius 2 is 1.66 bits per heavy atom. The second-order valence-electron chi connectivity index (χ2n) is 7.18.